The minimum atomic E-state index is -0.168. The second-order valence-electron chi connectivity index (χ2n) is 4.97. The summed E-state index contributed by atoms with van der Waals surface area (Å²) in [5.74, 6) is 1.23. The second-order valence-corrected chi connectivity index (χ2v) is 4.97. The summed E-state index contributed by atoms with van der Waals surface area (Å²) in [4.78, 5) is 11.8. The highest BCUT2D eigenvalue weighted by molar-refractivity contribution is 5.87. The molecular formula is C11H18O2. The fraction of sp³-hybridized carbons (Fsp3) is 0.909. The summed E-state index contributed by atoms with van der Waals surface area (Å²) >= 11 is 0. The number of hydrogen-bond acceptors (Lipinski definition) is 2. The Balaban J connectivity index is 2.28. The highest BCUT2D eigenvalue weighted by atomic mass is 16.3. The number of ketones is 1. The van der Waals surface area contributed by atoms with Crippen molar-refractivity contribution in [3.05, 3.63) is 0 Å². The van der Waals surface area contributed by atoms with Gasteiger partial charge in [-0.3, -0.25) is 4.79 Å². The molecule has 0 unspecified atom stereocenters. The van der Waals surface area contributed by atoms with Gasteiger partial charge in [0.25, 0.3) is 0 Å². The molecule has 2 fully saturated rings. The maximum atomic E-state index is 11.8. The molecule has 2 heteroatoms. The van der Waals surface area contributed by atoms with Crippen LogP contribution >= 0.6 is 0 Å². The van der Waals surface area contributed by atoms with Crippen molar-refractivity contribution in [2.45, 2.75) is 45.6 Å². The van der Waals surface area contributed by atoms with Crippen LogP contribution in [0.25, 0.3) is 0 Å². The molecule has 2 rings (SSSR count). The van der Waals surface area contributed by atoms with Gasteiger partial charge >= 0.3 is 0 Å². The van der Waals surface area contributed by atoms with Crippen molar-refractivity contribution in [1.82, 2.24) is 0 Å². The van der Waals surface area contributed by atoms with Crippen molar-refractivity contribution in [2.24, 2.45) is 17.3 Å². The molecule has 0 amide bonds. The van der Waals surface area contributed by atoms with Crippen LogP contribution in [0.2, 0.25) is 0 Å². The molecule has 13 heavy (non-hydrogen) atoms. The van der Waals surface area contributed by atoms with Crippen LogP contribution in [0.5, 0.6) is 0 Å². The Kier molecular flexibility index (Phi) is 1.99. The minimum absolute atomic E-state index is 0.112. The van der Waals surface area contributed by atoms with Gasteiger partial charge in [-0.2, -0.15) is 0 Å². The predicted octanol–water partition coefficient (Wildman–Crippen LogP) is 1.76. The molecule has 0 aliphatic heterocycles. The lowest BCUT2D eigenvalue weighted by molar-refractivity contribution is -0.132. The third-order valence-electron chi connectivity index (χ3n) is 4.37. The van der Waals surface area contributed by atoms with E-state index in [4.69, 9.17) is 0 Å². The van der Waals surface area contributed by atoms with Gasteiger partial charge in [-0.25, -0.2) is 0 Å². The number of carbonyl (C=O) groups is 1. The van der Waals surface area contributed by atoms with Crippen LogP contribution < -0.4 is 0 Å². The first-order valence-corrected chi connectivity index (χ1v) is 5.26. The Labute approximate surface area is 79.3 Å². The van der Waals surface area contributed by atoms with E-state index < -0.39 is 0 Å². The average Bonchev–Trinajstić information content (AvgIpc) is 2.33. The monoisotopic (exact) mass is 182 g/mol. The van der Waals surface area contributed by atoms with Gasteiger partial charge in [-0.1, -0.05) is 13.8 Å². The number of aliphatic hydroxyl groups is 1. The van der Waals surface area contributed by atoms with E-state index in [9.17, 15) is 9.90 Å². The second kappa shape index (κ2) is 2.81. The van der Waals surface area contributed by atoms with Gasteiger partial charge in [0.2, 0.25) is 0 Å². The third kappa shape index (κ3) is 1.15. The SMILES string of the molecule is C[C@@H]1C[C@@H](O)C[C@@H]2CCC(=O)[C@@]21C. The summed E-state index contributed by atoms with van der Waals surface area (Å²) in [5, 5.41) is 9.62. The molecule has 1 N–H and O–H groups in total. The zero-order chi connectivity index (χ0) is 9.64. The Morgan fingerprint density at radius 3 is 2.85 bits per heavy atom. The fourth-order valence-electron chi connectivity index (χ4n) is 3.22. The van der Waals surface area contributed by atoms with Crippen LogP contribution in [0.15, 0.2) is 0 Å². The standard InChI is InChI=1S/C11H18O2/c1-7-5-9(12)6-8-3-4-10(13)11(7,8)2/h7-9,12H,3-6H2,1-2H3/t7-,8+,9-,11-/m1/s1. The first-order valence-electron chi connectivity index (χ1n) is 5.26. The molecule has 0 heterocycles. The normalized spacial score (nSPS) is 50.7. The molecule has 0 aromatic heterocycles. The summed E-state index contributed by atoms with van der Waals surface area (Å²) < 4.78 is 0. The summed E-state index contributed by atoms with van der Waals surface area (Å²) in [6.07, 6.45) is 3.21. The Hall–Kier alpha value is -0.370. The molecule has 2 nitrogen and oxygen atoms in total. The molecule has 74 valence electrons. The summed E-state index contributed by atoms with van der Waals surface area (Å²) in [7, 11) is 0. The average molecular weight is 182 g/mol. The highest BCUT2D eigenvalue weighted by Gasteiger charge is 2.52. The topological polar surface area (TPSA) is 37.3 Å². The lowest BCUT2D eigenvalue weighted by Crippen LogP contribution is -2.43. The van der Waals surface area contributed by atoms with Crippen LogP contribution in [0.3, 0.4) is 0 Å². The minimum Gasteiger partial charge on any atom is -0.393 e. The van der Waals surface area contributed by atoms with Crippen molar-refractivity contribution in [1.29, 1.82) is 0 Å². The molecule has 0 radical (unpaired) electrons. The molecule has 0 aromatic carbocycles. The summed E-state index contributed by atoms with van der Waals surface area (Å²) in [6.45, 7) is 4.21. The molecule has 0 aromatic rings. The van der Waals surface area contributed by atoms with E-state index in [2.05, 4.69) is 13.8 Å². The molecule has 2 aliphatic rings. The molecule has 2 saturated carbocycles. The van der Waals surface area contributed by atoms with Crippen molar-refractivity contribution < 1.29 is 9.90 Å². The van der Waals surface area contributed by atoms with Crippen LogP contribution in [-0.4, -0.2) is 17.0 Å². The molecule has 0 saturated heterocycles. The fourth-order valence-corrected chi connectivity index (χ4v) is 3.22. The zero-order valence-corrected chi connectivity index (χ0v) is 8.42. The van der Waals surface area contributed by atoms with Crippen molar-refractivity contribution in [3.8, 4) is 0 Å². The predicted molar refractivity (Wildman–Crippen MR) is 50.2 cm³/mol. The zero-order valence-electron chi connectivity index (χ0n) is 8.42. The van der Waals surface area contributed by atoms with E-state index in [0.29, 0.717) is 17.6 Å². The van der Waals surface area contributed by atoms with E-state index in [-0.39, 0.29) is 11.5 Å². The van der Waals surface area contributed by atoms with Gasteiger partial charge in [0.1, 0.15) is 5.78 Å². The van der Waals surface area contributed by atoms with Crippen LogP contribution in [0.1, 0.15) is 39.5 Å². The van der Waals surface area contributed by atoms with Crippen LogP contribution in [-0.2, 0) is 4.79 Å². The van der Waals surface area contributed by atoms with E-state index in [1.807, 2.05) is 0 Å². The Morgan fingerprint density at radius 2 is 2.15 bits per heavy atom. The molecule has 0 bridgehead atoms. The van der Waals surface area contributed by atoms with Gasteiger partial charge in [0.15, 0.2) is 0 Å². The molecule has 2 aliphatic carbocycles. The van der Waals surface area contributed by atoms with Crippen molar-refractivity contribution in [3.63, 3.8) is 0 Å². The van der Waals surface area contributed by atoms with Gasteiger partial charge in [0.05, 0.1) is 6.10 Å². The first kappa shape index (κ1) is 9.20. The van der Waals surface area contributed by atoms with Gasteiger partial charge in [-0.15, -0.1) is 0 Å². The van der Waals surface area contributed by atoms with Crippen LogP contribution in [0, 0.1) is 17.3 Å². The van der Waals surface area contributed by atoms with Gasteiger partial charge in [0, 0.05) is 11.8 Å². The largest absolute Gasteiger partial charge is 0.393 e. The van der Waals surface area contributed by atoms with Crippen molar-refractivity contribution >= 4 is 5.78 Å². The number of carbonyl (C=O) groups excluding carboxylic acids is 1. The Bertz CT molecular complexity index is 236. The highest BCUT2D eigenvalue weighted by Crippen LogP contribution is 2.52. The van der Waals surface area contributed by atoms with E-state index in [1.165, 1.54) is 0 Å². The summed E-state index contributed by atoms with van der Waals surface area (Å²) in [6, 6.07) is 0. The number of aliphatic hydroxyl groups excluding tert-OH is 1. The maximum Gasteiger partial charge on any atom is 0.139 e. The lowest BCUT2D eigenvalue weighted by atomic mass is 9.62. The van der Waals surface area contributed by atoms with E-state index in [0.717, 1.165) is 25.7 Å². The smallest absolute Gasteiger partial charge is 0.139 e. The number of rotatable bonds is 0. The summed E-state index contributed by atoms with van der Waals surface area (Å²) in [5.41, 5.74) is -0.112. The number of hydrogen-bond donors (Lipinski definition) is 1. The van der Waals surface area contributed by atoms with Gasteiger partial charge in [-0.05, 0) is 31.1 Å². The maximum absolute atomic E-state index is 11.8. The number of fused-ring (bicyclic) bond motifs is 1. The molecular weight excluding hydrogens is 164 g/mol. The van der Waals surface area contributed by atoms with Crippen LogP contribution in [0.4, 0.5) is 0 Å². The lowest BCUT2D eigenvalue weighted by Gasteiger charge is -2.42. The first-order chi connectivity index (χ1) is 6.05. The third-order valence-corrected chi connectivity index (χ3v) is 4.37. The van der Waals surface area contributed by atoms with Gasteiger partial charge < -0.3 is 5.11 Å². The molecule has 4 atom stereocenters. The number of Topliss-reactive ketones (excluding diaryl/α,β-unsaturated/α-hetero) is 1. The Morgan fingerprint density at radius 1 is 1.46 bits per heavy atom. The van der Waals surface area contributed by atoms with Crippen molar-refractivity contribution in [2.75, 3.05) is 0 Å². The van der Waals surface area contributed by atoms with E-state index in [1.54, 1.807) is 0 Å². The van der Waals surface area contributed by atoms with E-state index >= 15 is 0 Å². The quantitative estimate of drug-likeness (QED) is 0.620. The molecule has 0 spiro atoms.